The molecule has 2 heterocycles. The van der Waals surface area contributed by atoms with Gasteiger partial charge in [0.15, 0.2) is 11.4 Å². The fourth-order valence-electron chi connectivity index (χ4n) is 2.40. The summed E-state index contributed by atoms with van der Waals surface area (Å²) in [5.74, 6) is -0.779. The fraction of sp³-hybridized carbons (Fsp3) is 0.200. The summed E-state index contributed by atoms with van der Waals surface area (Å²) in [5.41, 5.74) is 0.781. The Morgan fingerprint density at radius 1 is 1.40 bits per heavy atom. The first-order valence-electron chi connectivity index (χ1n) is 6.21. The molecule has 102 valence electrons. The van der Waals surface area contributed by atoms with Crippen LogP contribution in [0.3, 0.4) is 0 Å². The SMILES string of the molecule is Cc1ccc2c(c1)NC(=O)C2(O)CC(=O)c1ccsc1. The molecular weight excluding hydrogens is 274 g/mol. The molecule has 0 spiro atoms. The van der Waals surface area contributed by atoms with Crippen LogP contribution >= 0.6 is 11.3 Å². The topological polar surface area (TPSA) is 66.4 Å². The molecule has 0 fully saturated rings. The van der Waals surface area contributed by atoms with E-state index >= 15 is 0 Å². The third-order valence-electron chi connectivity index (χ3n) is 3.50. The van der Waals surface area contributed by atoms with E-state index in [0.717, 1.165) is 5.56 Å². The van der Waals surface area contributed by atoms with Crippen molar-refractivity contribution < 1.29 is 14.7 Å². The van der Waals surface area contributed by atoms with Crippen LogP contribution in [0, 0.1) is 6.92 Å². The van der Waals surface area contributed by atoms with Crippen molar-refractivity contribution in [3.05, 3.63) is 51.7 Å². The van der Waals surface area contributed by atoms with Crippen molar-refractivity contribution in [2.45, 2.75) is 18.9 Å². The molecule has 20 heavy (non-hydrogen) atoms. The standard InChI is InChI=1S/C15H13NO3S/c1-9-2-3-11-12(6-9)16-14(18)15(11,19)7-13(17)10-4-5-20-8-10/h2-6,8,19H,7H2,1H3,(H,16,18). The number of Topliss-reactive ketones (excluding diaryl/α,β-unsaturated/α-hetero) is 1. The maximum atomic E-state index is 12.2. The van der Waals surface area contributed by atoms with Gasteiger partial charge >= 0.3 is 0 Å². The summed E-state index contributed by atoms with van der Waals surface area (Å²) in [6.07, 6.45) is -0.244. The molecule has 1 unspecified atom stereocenters. The highest BCUT2D eigenvalue weighted by Gasteiger charge is 2.46. The molecule has 1 aromatic carbocycles. The van der Waals surface area contributed by atoms with E-state index < -0.39 is 11.5 Å². The molecule has 1 aliphatic heterocycles. The van der Waals surface area contributed by atoms with Crippen molar-refractivity contribution in [3.63, 3.8) is 0 Å². The molecule has 3 rings (SSSR count). The quantitative estimate of drug-likeness (QED) is 0.852. The third kappa shape index (κ3) is 1.95. The Morgan fingerprint density at radius 2 is 2.20 bits per heavy atom. The van der Waals surface area contributed by atoms with Gasteiger partial charge in [0.1, 0.15) is 0 Å². The van der Waals surface area contributed by atoms with Crippen LogP contribution in [-0.2, 0) is 10.4 Å². The van der Waals surface area contributed by atoms with Gasteiger partial charge in [-0.2, -0.15) is 11.3 Å². The van der Waals surface area contributed by atoms with Crippen LogP contribution in [-0.4, -0.2) is 16.8 Å². The number of benzene rings is 1. The highest BCUT2D eigenvalue weighted by molar-refractivity contribution is 7.08. The lowest BCUT2D eigenvalue weighted by atomic mass is 9.88. The van der Waals surface area contributed by atoms with E-state index in [4.69, 9.17) is 0 Å². The molecular formula is C15H13NO3S. The second-order valence-corrected chi connectivity index (χ2v) is 5.76. The number of hydrogen-bond acceptors (Lipinski definition) is 4. The minimum atomic E-state index is -1.78. The smallest absolute Gasteiger partial charge is 0.261 e. The van der Waals surface area contributed by atoms with E-state index in [1.807, 2.05) is 13.0 Å². The van der Waals surface area contributed by atoms with Crippen LogP contribution in [0.1, 0.15) is 27.9 Å². The van der Waals surface area contributed by atoms with Crippen molar-refractivity contribution >= 4 is 28.7 Å². The number of rotatable bonds is 3. The molecule has 0 aliphatic carbocycles. The molecule has 0 radical (unpaired) electrons. The number of aliphatic hydroxyl groups is 1. The van der Waals surface area contributed by atoms with Crippen LogP contribution in [0.15, 0.2) is 35.0 Å². The summed E-state index contributed by atoms with van der Waals surface area (Å²) in [6.45, 7) is 1.90. The van der Waals surface area contributed by atoms with Crippen LogP contribution in [0.2, 0.25) is 0 Å². The summed E-state index contributed by atoms with van der Waals surface area (Å²) < 4.78 is 0. The van der Waals surface area contributed by atoms with Crippen molar-refractivity contribution in [1.82, 2.24) is 0 Å². The van der Waals surface area contributed by atoms with Crippen LogP contribution in [0.25, 0.3) is 0 Å². The number of nitrogens with one attached hydrogen (secondary N) is 1. The Kier molecular flexibility index (Phi) is 2.96. The van der Waals surface area contributed by atoms with Gasteiger partial charge in [-0.3, -0.25) is 9.59 Å². The van der Waals surface area contributed by atoms with Gasteiger partial charge in [-0.1, -0.05) is 12.1 Å². The van der Waals surface area contributed by atoms with Gasteiger partial charge < -0.3 is 10.4 Å². The Hall–Kier alpha value is -1.98. The van der Waals surface area contributed by atoms with Gasteiger partial charge in [-0.25, -0.2) is 0 Å². The Labute approximate surface area is 120 Å². The van der Waals surface area contributed by atoms with Crippen LogP contribution in [0.4, 0.5) is 5.69 Å². The maximum Gasteiger partial charge on any atom is 0.261 e. The minimum Gasteiger partial charge on any atom is -0.375 e. The Balaban J connectivity index is 1.96. The predicted octanol–water partition coefficient (Wildman–Crippen LogP) is 2.47. The van der Waals surface area contributed by atoms with Gasteiger partial charge in [0.25, 0.3) is 5.91 Å². The zero-order chi connectivity index (χ0) is 14.3. The van der Waals surface area contributed by atoms with E-state index in [2.05, 4.69) is 5.32 Å². The van der Waals surface area contributed by atoms with Crippen molar-refractivity contribution in [2.24, 2.45) is 0 Å². The molecule has 2 N–H and O–H groups in total. The number of amides is 1. The lowest BCUT2D eigenvalue weighted by Crippen LogP contribution is -2.36. The predicted molar refractivity (Wildman–Crippen MR) is 77.0 cm³/mol. The summed E-state index contributed by atoms with van der Waals surface area (Å²) in [4.78, 5) is 24.2. The molecule has 0 saturated carbocycles. The van der Waals surface area contributed by atoms with E-state index in [1.54, 1.807) is 29.0 Å². The van der Waals surface area contributed by atoms with Crippen molar-refractivity contribution in [3.8, 4) is 0 Å². The summed E-state index contributed by atoms with van der Waals surface area (Å²) >= 11 is 1.41. The fourth-order valence-corrected chi connectivity index (χ4v) is 3.06. The molecule has 1 atom stereocenters. The monoisotopic (exact) mass is 287 g/mol. The highest BCUT2D eigenvalue weighted by Crippen LogP contribution is 2.39. The van der Waals surface area contributed by atoms with Gasteiger partial charge in [0.2, 0.25) is 0 Å². The second-order valence-electron chi connectivity index (χ2n) is 4.98. The largest absolute Gasteiger partial charge is 0.375 e. The number of fused-ring (bicyclic) bond motifs is 1. The Bertz CT molecular complexity index is 693. The minimum absolute atomic E-state index is 0.239. The van der Waals surface area contributed by atoms with Crippen LogP contribution < -0.4 is 5.32 Å². The van der Waals surface area contributed by atoms with Gasteiger partial charge in [0, 0.05) is 22.2 Å². The number of thiophene rings is 1. The molecule has 1 aromatic heterocycles. The second kappa shape index (κ2) is 4.54. The molecule has 1 amide bonds. The zero-order valence-electron chi connectivity index (χ0n) is 10.8. The summed E-state index contributed by atoms with van der Waals surface area (Å²) in [5, 5.41) is 16.8. The first-order valence-corrected chi connectivity index (χ1v) is 7.15. The normalized spacial score (nSPS) is 20.6. The summed E-state index contributed by atoms with van der Waals surface area (Å²) in [7, 11) is 0. The first kappa shape index (κ1) is 13.0. The lowest BCUT2D eigenvalue weighted by Gasteiger charge is -2.19. The average molecular weight is 287 g/mol. The van der Waals surface area contributed by atoms with Crippen molar-refractivity contribution in [2.75, 3.05) is 5.32 Å². The molecule has 0 bridgehead atoms. The van der Waals surface area contributed by atoms with Gasteiger partial charge in [0.05, 0.1) is 6.42 Å². The van der Waals surface area contributed by atoms with Gasteiger partial charge in [-0.05, 0) is 30.0 Å². The highest BCUT2D eigenvalue weighted by atomic mass is 32.1. The number of carbonyl (C=O) groups is 2. The van der Waals surface area contributed by atoms with Crippen LogP contribution in [0.5, 0.6) is 0 Å². The number of anilines is 1. The first-order chi connectivity index (χ1) is 9.50. The Morgan fingerprint density at radius 3 is 2.90 bits per heavy atom. The molecule has 1 aliphatic rings. The number of ketones is 1. The molecule has 2 aromatic rings. The van der Waals surface area contributed by atoms with E-state index in [1.165, 1.54) is 11.3 Å². The van der Waals surface area contributed by atoms with E-state index in [9.17, 15) is 14.7 Å². The van der Waals surface area contributed by atoms with E-state index in [0.29, 0.717) is 16.8 Å². The molecule has 5 heteroatoms. The summed E-state index contributed by atoms with van der Waals surface area (Å²) in [6, 6.07) is 7.00. The van der Waals surface area contributed by atoms with Gasteiger partial charge in [-0.15, -0.1) is 0 Å². The molecule has 4 nitrogen and oxygen atoms in total. The molecule has 0 saturated heterocycles. The maximum absolute atomic E-state index is 12.2. The zero-order valence-corrected chi connectivity index (χ0v) is 11.7. The number of aryl methyl sites for hydroxylation is 1. The van der Waals surface area contributed by atoms with Crippen molar-refractivity contribution in [1.29, 1.82) is 0 Å². The third-order valence-corrected chi connectivity index (χ3v) is 4.19. The average Bonchev–Trinajstić information content (AvgIpc) is 2.98. The number of carbonyl (C=O) groups excluding carboxylic acids is 2. The van der Waals surface area contributed by atoms with E-state index in [-0.39, 0.29) is 12.2 Å². The lowest BCUT2D eigenvalue weighted by molar-refractivity contribution is -0.133. The number of hydrogen-bond donors (Lipinski definition) is 2.